The van der Waals surface area contributed by atoms with E-state index in [9.17, 15) is 4.79 Å². The molecular weight excluding hydrogens is 280 g/mol. The summed E-state index contributed by atoms with van der Waals surface area (Å²) in [4.78, 5) is 11.9. The van der Waals surface area contributed by atoms with Gasteiger partial charge in [-0.05, 0) is 26.0 Å². The van der Waals surface area contributed by atoms with Crippen LogP contribution in [-0.2, 0) is 4.79 Å². The van der Waals surface area contributed by atoms with Gasteiger partial charge in [0.15, 0.2) is 0 Å². The van der Waals surface area contributed by atoms with Gasteiger partial charge in [-0.25, -0.2) is 0 Å². The lowest BCUT2D eigenvalue weighted by Crippen LogP contribution is -2.26. The summed E-state index contributed by atoms with van der Waals surface area (Å²) in [7, 11) is 0. The van der Waals surface area contributed by atoms with Crippen molar-refractivity contribution in [3.05, 3.63) is 18.2 Å². The SMILES string of the molecule is CCOc1ccc(OCC)c(NC(=O)C(C)CN)c1.Cl. The molecule has 5 nitrogen and oxygen atoms in total. The Morgan fingerprint density at radius 3 is 2.50 bits per heavy atom. The first-order valence-corrected chi connectivity index (χ1v) is 6.52. The zero-order valence-corrected chi connectivity index (χ0v) is 13.0. The number of ether oxygens (including phenoxy) is 2. The summed E-state index contributed by atoms with van der Waals surface area (Å²) >= 11 is 0. The van der Waals surface area contributed by atoms with Gasteiger partial charge in [0.1, 0.15) is 11.5 Å². The Hall–Kier alpha value is -1.46. The third-order valence-electron chi connectivity index (χ3n) is 2.62. The van der Waals surface area contributed by atoms with E-state index in [1.165, 1.54) is 0 Å². The lowest BCUT2D eigenvalue weighted by molar-refractivity contribution is -0.119. The van der Waals surface area contributed by atoms with Gasteiger partial charge in [-0.3, -0.25) is 4.79 Å². The average molecular weight is 303 g/mol. The predicted molar refractivity (Wildman–Crippen MR) is 82.9 cm³/mol. The molecule has 0 bridgehead atoms. The van der Waals surface area contributed by atoms with Crippen LogP contribution >= 0.6 is 12.4 Å². The number of carbonyl (C=O) groups is 1. The van der Waals surface area contributed by atoms with Crippen molar-refractivity contribution in [1.82, 2.24) is 0 Å². The number of anilines is 1. The van der Waals surface area contributed by atoms with Crippen molar-refractivity contribution >= 4 is 24.0 Å². The number of nitrogens with one attached hydrogen (secondary N) is 1. The Morgan fingerprint density at radius 2 is 1.95 bits per heavy atom. The number of amides is 1. The van der Waals surface area contributed by atoms with Crippen molar-refractivity contribution < 1.29 is 14.3 Å². The third kappa shape index (κ3) is 5.27. The van der Waals surface area contributed by atoms with Crippen molar-refractivity contribution in [2.45, 2.75) is 20.8 Å². The first kappa shape index (κ1) is 18.5. The largest absolute Gasteiger partial charge is 0.494 e. The minimum atomic E-state index is -0.245. The summed E-state index contributed by atoms with van der Waals surface area (Å²) in [6.07, 6.45) is 0. The number of carbonyl (C=O) groups excluding carboxylic acids is 1. The second kappa shape index (κ2) is 9.44. The molecule has 6 heteroatoms. The fourth-order valence-electron chi connectivity index (χ4n) is 1.51. The van der Waals surface area contributed by atoms with E-state index in [2.05, 4.69) is 5.32 Å². The molecule has 1 unspecified atom stereocenters. The van der Waals surface area contributed by atoms with E-state index in [1.54, 1.807) is 19.1 Å². The molecule has 0 heterocycles. The second-order valence-corrected chi connectivity index (χ2v) is 4.15. The third-order valence-corrected chi connectivity index (χ3v) is 2.62. The standard InChI is InChI=1S/C14H22N2O3.ClH/c1-4-18-11-6-7-13(19-5-2)12(8-11)16-14(17)10(3)9-15;/h6-8,10H,4-5,9,15H2,1-3H3,(H,16,17);1H. The van der Waals surface area contributed by atoms with Gasteiger partial charge < -0.3 is 20.5 Å². The zero-order valence-electron chi connectivity index (χ0n) is 12.1. The monoisotopic (exact) mass is 302 g/mol. The van der Waals surface area contributed by atoms with Gasteiger partial charge in [0.05, 0.1) is 18.9 Å². The van der Waals surface area contributed by atoms with Gasteiger partial charge in [-0.2, -0.15) is 0 Å². The lowest BCUT2D eigenvalue weighted by atomic mass is 10.1. The first-order valence-electron chi connectivity index (χ1n) is 6.52. The van der Waals surface area contributed by atoms with Gasteiger partial charge in [-0.1, -0.05) is 6.92 Å². The number of hydrogen-bond acceptors (Lipinski definition) is 4. The molecule has 0 radical (unpaired) electrons. The van der Waals surface area contributed by atoms with Crippen LogP contribution in [0.15, 0.2) is 18.2 Å². The number of hydrogen-bond donors (Lipinski definition) is 2. The Labute approximate surface area is 126 Å². The van der Waals surface area contributed by atoms with Crippen molar-refractivity contribution in [1.29, 1.82) is 0 Å². The molecule has 1 aromatic rings. The van der Waals surface area contributed by atoms with Crippen LogP contribution in [0, 0.1) is 5.92 Å². The maximum atomic E-state index is 11.9. The Bertz CT molecular complexity index is 427. The fourth-order valence-corrected chi connectivity index (χ4v) is 1.51. The summed E-state index contributed by atoms with van der Waals surface area (Å²) in [5.74, 6) is 0.951. The van der Waals surface area contributed by atoms with E-state index in [0.29, 0.717) is 36.9 Å². The van der Waals surface area contributed by atoms with E-state index in [4.69, 9.17) is 15.2 Å². The van der Waals surface area contributed by atoms with Crippen LogP contribution < -0.4 is 20.5 Å². The van der Waals surface area contributed by atoms with Gasteiger partial charge in [0, 0.05) is 18.5 Å². The predicted octanol–water partition coefficient (Wildman–Crippen LogP) is 2.44. The summed E-state index contributed by atoms with van der Waals surface area (Å²) < 4.78 is 10.9. The van der Waals surface area contributed by atoms with E-state index >= 15 is 0 Å². The Morgan fingerprint density at radius 1 is 1.30 bits per heavy atom. The maximum absolute atomic E-state index is 11.9. The van der Waals surface area contributed by atoms with E-state index in [1.807, 2.05) is 19.9 Å². The highest BCUT2D eigenvalue weighted by atomic mass is 35.5. The summed E-state index contributed by atoms with van der Waals surface area (Å²) in [5.41, 5.74) is 6.09. The van der Waals surface area contributed by atoms with Crippen LogP contribution in [0.5, 0.6) is 11.5 Å². The molecule has 1 aromatic carbocycles. The molecule has 1 rings (SSSR count). The van der Waals surface area contributed by atoms with E-state index in [-0.39, 0.29) is 24.2 Å². The molecule has 114 valence electrons. The molecule has 0 spiro atoms. The van der Waals surface area contributed by atoms with Gasteiger partial charge in [0.25, 0.3) is 0 Å². The maximum Gasteiger partial charge on any atom is 0.228 e. The fraction of sp³-hybridized carbons (Fsp3) is 0.500. The summed E-state index contributed by atoms with van der Waals surface area (Å²) in [6, 6.07) is 5.36. The minimum Gasteiger partial charge on any atom is -0.494 e. The van der Waals surface area contributed by atoms with Crippen molar-refractivity contribution in [3.63, 3.8) is 0 Å². The lowest BCUT2D eigenvalue weighted by Gasteiger charge is -2.15. The molecule has 0 aliphatic carbocycles. The topological polar surface area (TPSA) is 73.6 Å². The smallest absolute Gasteiger partial charge is 0.228 e. The average Bonchev–Trinajstić information content (AvgIpc) is 2.41. The molecule has 0 saturated carbocycles. The highest BCUT2D eigenvalue weighted by molar-refractivity contribution is 5.94. The second-order valence-electron chi connectivity index (χ2n) is 4.15. The first-order chi connectivity index (χ1) is 9.12. The van der Waals surface area contributed by atoms with Crippen molar-refractivity contribution in [3.8, 4) is 11.5 Å². The highest BCUT2D eigenvalue weighted by Gasteiger charge is 2.14. The van der Waals surface area contributed by atoms with E-state index < -0.39 is 0 Å². The van der Waals surface area contributed by atoms with Crippen LogP contribution in [0.4, 0.5) is 5.69 Å². The van der Waals surface area contributed by atoms with Gasteiger partial charge >= 0.3 is 0 Å². The van der Waals surface area contributed by atoms with Gasteiger partial charge in [0.2, 0.25) is 5.91 Å². The van der Waals surface area contributed by atoms with Crippen molar-refractivity contribution in [2.75, 3.05) is 25.1 Å². The normalized spacial score (nSPS) is 11.2. The van der Waals surface area contributed by atoms with Crippen molar-refractivity contribution in [2.24, 2.45) is 11.7 Å². The Kier molecular flexibility index (Phi) is 8.76. The minimum absolute atomic E-state index is 0. The van der Waals surface area contributed by atoms with Crippen LogP contribution in [0.2, 0.25) is 0 Å². The summed E-state index contributed by atoms with van der Waals surface area (Å²) in [6.45, 7) is 6.99. The molecule has 0 aromatic heterocycles. The molecule has 0 aliphatic rings. The van der Waals surface area contributed by atoms with Crippen LogP contribution in [0.25, 0.3) is 0 Å². The molecule has 1 amide bonds. The quantitative estimate of drug-likeness (QED) is 0.811. The highest BCUT2D eigenvalue weighted by Crippen LogP contribution is 2.29. The number of halogens is 1. The van der Waals surface area contributed by atoms with Crippen LogP contribution in [-0.4, -0.2) is 25.7 Å². The van der Waals surface area contributed by atoms with E-state index in [0.717, 1.165) is 0 Å². The van der Waals surface area contributed by atoms with Gasteiger partial charge in [-0.15, -0.1) is 12.4 Å². The molecule has 0 saturated heterocycles. The molecule has 3 N–H and O–H groups in total. The zero-order chi connectivity index (χ0) is 14.3. The van der Waals surface area contributed by atoms with Crippen LogP contribution in [0.1, 0.15) is 20.8 Å². The number of rotatable bonds is 7. The summed E-state index contributed by atoms with van der Waals surface area (Å²) in [5, 5.41) is 2.82. The molecular formula is C14H23ClN2O3. The number of benzene rings is 1. The molecule has 0 aliphatic heterocycles. The van der Waals surface area contributed by atoms with Crippen LogP contribution in [0.3, 0.4) is 0 Å². The number of nitrogens with two attached hydrogens (primary N) is 1. The Balaban J connectivity index is 0.00000361. The molecule has 1 atom stereocenters. The molecule has 20 heavy (non-hydrogen) atoms. The molecule has 0 fully saturated rings.